The summed E-state index contributed by atoms with van der Waals surface area (Å²) in [4.78, 5) is 59.4. The molecule has 0 spiro atoms. The zero-order chi connectivity index (χ0) is 51.8. The van der Waals surface area contributed by atoms with E-state index in [1.807, 2.05) is 35.0 Å². The molecule has 6 aromatic carbocycles. The van der Waals surface area contributed by atoms with Gasteiger partial charge >= 0.3 is 29.8 Å². The first-order valence-corrected chi connectivity index (χ1v) is 24.0. The molecule has 1 aromatic heterocycles. The lowest BCUT2D eigenvalue weighted by Gasteiger charge is -2.11. The highest BCUT2D eigenvalue weighted by Gasteiger charge is 2.17. The molecule has 0 bridgehead atoms. The zero-order valence-electron chi connectivity index (χ0n) is 40.7. The van der Waals surface area contributed by atoms with Crippen LogP contribution in [-0.4, -0.2) is 72.3 Å². The van der Waals surface area contributed by atoms with Crippen LogP contribution in [0, 0.1) is 6.92 Å². The number of hydrogen-bond donors (Lipinski definition) is 1. The number of hydrogen-bond acceptors (Lipinski definition) is 12. The van der Waals surface area contributed by atoms with E-state index in [0.29, 0.717) is 60.2 Å². The molecule has 7 aromatic rings. The van der Waals surface area contributed by atoms with Crippen molar-refractivity contribution in [1.82, 2.24) is 4.68 Å². The van der Waals surface area contributed by atoms with E-state index >= 15 is 0 Å². The minimum absolute atomic E-state index is 0.211. The molecule has 73 heavy (non-hydrogen) atoms. The standard InChI is InChI=1S/C52H52N2O10.C7H6O2/c1-4-48(55)61-33-14-8-6-12-31-59-41-25-21-38(22-26-41)51(57)63-43-29-30-47(40(35-43)36-53-54-45-19-11-10-18-44(45)50-37(3)17-16-20-46(50)54)64-52(58)39-23-27-42(28-24-39)60-32-13-7-9-15-34-62-49(56)5-2;8-7(9)6-4-2-1-3-5-6/h4-5,10-11,16-30,35-36H,1-2,6-9,12-15,31-34H2,3H3;1-5H,(H,8,9)/b53-36+;. The van der Waals surface area contributed by atoms with Crippen molar-refractivity contribution in [3.05, 3.63) is 193 Å². The van der Waals surface area contributed by atoms with E-state index in [2.05, 4.69) is 32.2 Å². The van der Waals surface area contributed by atoms with Gasteiger partial charge in [-0.05, 0) is 155 Å². The third kappa shape index (κ3) is 16.4. The van der Waals surface area contributed by atoms with Gasteiger partial charge in [-0.15, -0.1) is 0 Å². The van der Waals surface area contributed by atoms with Crippen LogP contribution in [0.15, 0.2) is 170 Å². The van der Waals surface area contributed by atoms with E-state index in [9.17, 15) is 24.0 Å². The monoisotopic (exact) mass is 986 g/mol. The van der Waals surface area contributed by atoms with Crippen LogP contribution in [0.25, 0.3) is 21.8 Å². The van der Waals surface area contributed by atoms with Crippen molar-refractivity contribution in [2.45, 2.75) is 58.3 Å². The number of unbranched alkanes of at least 4 members (excludes halogenated alkanes) is 6. The number of carboxylic acids is 1. The molecule has 0 saturated carbocycles. The van der Waals surface area contributed by atoms with Crippen LogP contribution in [0.5, 0.6) is 23.0 Å². The summed E-state index contributed by atoms with van der Waals surface area (Å²) in [5.41, 5.74) is 4.28. The van der Waals surface area contributed by atoms with E-state index in [1.165, 1.54) is 0 Å². The van der Waals surface area contributed by atoms with Crippen LogP contribution in [0.2, 0.25) is 0 Å². The second kappa shape index (κ2) is 28.2. The fourth-order valence-corrected chi connectivity index (χ4v) is 7.45. The number of para-hydroxylation sites is 1. The summed E-state index contributed by atoms with van der Waals surface area (Å²) in [6.45, 7) is 10.6. The van der Waals surface area contributed by atoms with Crippen LogP contribution in [-0.2, 0) is 19.1 Å². The van der Waals surface area contributed by atoms with Crippen LogP contribution in [0.1, 0.15) is 93.6 Å². The van der Waals surface area contributed by atoms with Gasteiger partial charge in [0, 0.05) is 28.5 Å². The molecule has 0 unspecified atom stereocenters. The first kappa shape index (κ1) is 53.6. The molecule has 0 aliphatic rings. The summed E-state index contributed by atoms with van der Waals surface area (Å²) in [6.07, 6.45) is 10.7. The van der Waals surface area contributed by atoms with Gasteiger partial charge in [-0.2, -0.15) is 5.10 Å². The molecule has 0 radical (unpaired) electrons. The molecular formula is C59H58N2O12. The maximum absolute atomic E-state index is 13.5. The molecule has 0 amide bonds. The molecule has 14 heteroatoms. The summed E-state index contributed by atoms with van der Waals surface area (Å²) < 4.78 is 35.3. The number of esters is 4. The SMILES string of the molecule is C=CC(=O)OCCCCCCOc1ccc(C(=O)Oc2ccc(OC(=O)c3ccc(OCCCCCCOC(=O)C=C)cc3)c(/C=N/n3c4ccccc4c4c(C)cccc43)c2)cc1.O=C(O)c1ccccc1. The highest BCUT2D eigenvalue weighted by Crippen LogP contribution is 2.32. The van der Waals surface area contributed by atoms with Crippen molar-refractivity contribution in [3.63, 3.8) is 0 Å². The fourth-order valence-electron chi connectivity index (χ4n) is 7.45. The quantitative estimate of drug-likeness (QED) is 0.0189. The second-order valence-electron chi connectivity index (χ2n) is 16.5. The van der Waals surface area contributed by atoms with Crippen LogP contribution in [0.4, 0.5) is 0 Å². The lowest BCUT2D eigenvalue weighted by atomic mass is 10.1. The summed E-state index contributed by atoms with van der Waals surface area (Å²) >= 11 is 0. The number of rotatable bonds is 25. The highest BCUT2D eigenvalue weighted by atomic mass is 16.5. The third-order valence-electron chi connectivity index (χ3n) is 11.2. The van der Waals surface area contributed by atoms with Gasteiger partial charge in [0.15, 0.2) is 0 Å². The van der Waals surface area contributed by atoms with E-state index in [-0.39, 0.29) is 11.5 Å². The fraction of sp³-hybridized carbons (Fsp3) is 0.220. The maximum Gasteiger partial charge on any atom is 0.343 e. The van der Waals surface area contributed by atoms with Gasteiger partial charge in [-0.1, -0.05) is 61.7 Å². The Morgan fingerprint density at radius 3 is 1.59 bits per heavy atom. The van der Waals surface area contributed by atoms with Crippen LogP contribution in [0.3, 0.4) is 0 Å². The Morgan fingerprint density at radius 2 is 1.04 bits per heavy atom. The van der Waals surface area contributed by atoms with Gasteiger partial charge in [-0.25, -0.2) is 28.6 Å². The maximum atomic E-state index is 13.5. The Hall–Kier alpha value is -8.78. The number of aryl methyl sites for hydroxylation is 1. The molecule has 14 nitrogen and oxygen atoms in total. The number of aromatic carboxylic acids is 1. The van der Waals surface area contributed by atoms with E-state index in [4.69, 9.17) is 38.6 Å². The van der Waals surface area contributed by atoms with Crippen molar-refractivity contribution in [1.29, 1.82) is 0 Å². The highest BCUT2D eigenvalue weighted by molar-refractivity contribution is 6.10. The van der Waals surface area contributed by atoms with Gasteiger partial charge in [0.1, 0.15) is 23.0 Å². The summed E-state index contributed by atoms with van der Waals surface area (Å²) in [6, 6.07) is 40.5. The van der Waals surface area contributed by atoms with Gasteiger partial charge in [0.25, 0.3) is 0 Å². The molecule has 0 aliphatic carbocycles. The Labute approximate surface area is 424 Å². The number of ether oxygens (including phenoxy) is 6. The lowest BCUT2D eigenvalue weighted by Crippen LogP contribution is -2.11. The number of fused-ring (bicyclic) bond motifs is 3. The smallest absolute Gasteiger partial charge is 0.343 e. The number of aromatic nitrogens is 1. The zero-order valence-corrected chi connectivity index (χ0v) is 40.7. The predicted octanol–water partition coefficient (Wildman–Crippen LogP) is 12.1. The topological polar surface area (TPSA) is 178 Å². The largest absolute Gasteiger partial charge is 0.494 e. The van der Waals surface area contributed by atoms with Crippen molar-refractivity contribution in [3.8, 4) is 23.0 Å². The molecule has 7 rings (SSSR count). The van der Waals surface area contributed by atoms with Crippen LogP contribution >= 0.6 is 0 Å². The van der Waals surface area contributed by atoms with Crippen molar-refractivity contribution < 1.29 is 57.5 Å². The molecule has 1 N–H and O–H groups in total. The number of carboxylic acid groups (broad SMARTS) is 1. The number of carbonyl (C=O) groups excluding carboxylic acids is 4. The molecule has 0 atom stereocenters. The molecule has 0 fully saturated rings. The van der Waals surface area contributed by atoms with Crippen molar-refractivity contribution in [2.24, 2.45) is 5.10 Å². The van der Waals surface area contributed by atoms with Gasteiger partial charge < -0.3 is 33.5 Å². The van der Waals surface area contributed by atoms with Crippen molar-refractivity contribution >= 4 is 57.9 Å². The minimum Gasteiger partial charge on any atom is -0.494 e. The Bertz CT molecular complexity index is 3010. The normalized spacial score (nSPS) is 10.8. The Morgan fingerprint density at radius 1 is 0.534 bits per heavy atom. The molecule has 0 saturated heterocycles. The van der Waals surface area contributed by atoms with Crippen LogP contribution < -0.4 is 18.9 Å². The average Bonchev–Trinajstić information content (AvgIpc) is 3.74. The Kier molecular flexibility index (Phi) is 20.7. The average molecular weight is 987 g/mol. The first-order valence-electron chi connectivity index (χ1n) is 24.0. The molecule has 376 valence electrons. The number of carbonyl (C=O) groups is 5. The number of nitrogens with zero attached hydrogens (tertiary/aromatic N) is 2. The van der Waals surface area contributed by atoms with Gasteiger partial charge in [-0.3, -0.25) is 0 Å². The van der Waals surface area contributed by atoms with E-state index in [0.717, 1.165) is 90.9 Å². The Balaban J connectivity index is 0.000000870. The van der Waals surface area contributed by atoms with Crippen molar-refractivity contribution in [2.75, 3.05) is 26.4 Å². The second-order valence-corrected chi connectivity index (χ2v) is 16.5. The number of benzene rings is 6. The predicted molar refractivity (Wildman–Crippen MR) is 280 cm³/mol. The van der Waals surface area contributed by atoms with Gasteiger partial charge in [0.05, 0.1) is 60.4 Å². The first-order chi connectivity index (χ1) is 35.5. The van der Waals surface area contributed by atoms with E-state index in [1.54, 1.807) is 103 Å². The van der Waals surface area contributed by atoms with Gasteiger partial charge in [0.2, 0.25) is 0 Å². The molecule has 1 heterocycles. The third-order valence-corrected chi connectivity index (χ3v) is 11.2. The minimum atomic E-state index is -0.879. The molecule has 0 aliphatic heterocycles. The summed E-state index contributed by atoms with van der Waals surface area (Å²) in [5, 5.41) is 15.4. The van der Waals surface area contributed by atoms with E-state index < -0.39 is 29.8 Å². The molecular weight excluding hydrogens is 929 g/mol. The summed E-state index contributed by atoms with van der Waals surface area (Å²) in [5.74, 6) is -1.21. The lowest BCUT2D eigenvalue weighted by molar-refractivity contribution is -0.138. The summed E-state index contributed by atoms with van der Waals surface area (Å²) in [7, 11) is 0.